The van der Waals surface area contributed by atoms with E-state index in [1.54, 1.807) is 12.1 Å². The second-order valence-electron chi connectivity index (χ2n) is 6.56. The molecule has 0 unspecified atom stereocenters. The molecule has 0 radical (unpaired) electrons. The molecule has 7 nitrogen and oxygen atoms in total. The van der Waals surface area contributed by atoms with Gasteiger partial charge in [-0.2, -0.15) is 5.26 Å². The highest BCUT2D eigenvalue weighted by molar-refractivity contribution is 6.01. The molecule has 0 aromatic heterocycles. The van der Waals surface area contributed by atoms with Crippen molar-refractivity contribution >= 4 is 18.0 Å². The van der Waals surface area contributed by atoms with Crippen LogP contribution in [0.15, 0.2) is 54.6 Å². The number of para-hydroxylation sites is 1. The Hall–Kier alpha value is -4.05. The minimum atomic E-state index is -0.592. The molecule has 0 heterocycles. The summed E-state index contributed by atoms with van der Waals surface area (Å²) in [6, 6.07) is 12.3. The largest absolute Gasteiger partial charge is 0.493 e. The van der Waals surface area contributed by atoms with Gasteiger partial charge in [0.15, 0.2) is 18.1 Å². The molecular formula is C24H24N2O5. The van der Waals surface area contributed by atoms with Crippen molar-refractivity contribution in [1.29, 1.82) is 5.26 Å². The summed E-state index contributed by atoms with van der Waals surface area (Å²) in [5, 5.41) is 11.8. The molecule has 2 aromatic rings. The lowest BCUT2D eigenvalue weighted by Crippen LogP contribution is -2.24. The van der Waals surface area contributed by atoms with Crippen molar-refractivity contribution < 1.29 is 23.8 Å². The quantitative estimate of drug-likeness (QED) is 0.219. The van der Waals surface area contributed by atoms with Gasteiger partial charge < -0.3 is 19.5 Å². The summed E-state index contributed by atoms with van der Waals surface area (Å²) < 4.78 is 16.3. The van der Waals surface area contributed by atoms with E-state index in [2.05, 4.69) is 11.9 Å². The van der Waals surface area contributed by atoms with Gasteiger partial charge in [0.1, 0.15) is 17.4 Å². The number of methoxy groups -OCH3 is 1. The van der Waals surface area contributed by atoms with Crippen molar-refractivity contribution in [3.05, 3.63) is 71.3 Å². The van der Waals surface area contributed by atoms with E-state index < -0.39 is 11.9 Å². The second kappa shape index (κ2) is 11.2. The van der Waals surface area contributed by atoms with Gasteiger partial charge in [-0.1, -0.05) is 30.3 Å². The van der Waals surface area contributed by atoms with Gasteiger partial charge in [0.25, 0.3) is 5.91 Å². The zero-order valence-corrected chi connectivity index (χ0v) is 17.7. The molecule has 0 fully saturated rings. The summed E-state index contributed by atoms with van der Waals surface area (Å²) in [5.74, 6) is 0.0132. The van der Waals surface area contributed by atoms with Crippen molar-refractivity contribution in [1.82, 2.24) is 5.32 Å². The normalized spacial score (nSPS) is 10.6. The fourth-order valence-electron chi connectivity index (χ4n) is 2.74. The molecule has 1 N–H and O–H groups in total. The number of nitrogens with one attached hydrogen (secondary N) is 1. The van der Waals surface area contributed by atoms with E-state index in [1.807, 2.05) is 38.1 Å². The van der Waals surface area contributed by atoms with E-state index in [0.29, 0.717) is 11.3 Å². The molecule has 7 heteroatoms. The van der Waals surface area contributed by atoms with Crippen LogP contribution in [-0.2, 0) is 9.59 Å². The van der Waals surface area contributed by atoms with Gasteiger partial charge in [0.05, 0.1) is 7.11 Å². The number of nitriles is 1. The molecule has 0 bridgehead atoms. The van der Waals surface area contributed by atoms with E-state index >= 15 is 0 Å². The summed E-state index contributed by atoms with van der Waals surface area (Å²) >= 11 is 0. The third-order valence-corrected chi connectivity index (χ3v) is 4.24. The molecule has 1 amide bonds. The number of ether oxygens (including phenoxy) is 3. The Bertz CT molecular complexity index is 1030. The number of aryl methyl sites for hydroxylation is 2. The Morgan fingerprint density at radius 1 is 1.16 bits per heavy atom. The van der Waals surface area contributed by atoms with E-state index in [1.165, 1.54) is 25.3 Å². The molecular weight excluding hydrogens is 396 g/mol. The first kappa shape index (κ1) is 23.2. The number of amides is 1. The maximum Gasteiger partial charge on any atom is 0.349 e. The Morgan fingerprint density at radius 3 is 2.48 bits per heavy atom. The Labute approximate surface area is 181 Å². The van der Waals surface area contributed by atoms with Crippen molar-refractivity contribution in [2.75, 3.05) is 20.3 Å². The Morgan fingerprint density at radius 2 is 1.87 bits per heavy atom. The highest BCUT2D eigenvalue weighted by Crippen LogP contribution is 2.29. The van der Waals surface area contributed by atoms with Crippen LogP contribution in [0.1, 0.15) is 16.7 Å². The topological polar surface area (TPSA) is 97.7 Å². The van der Waals surface area contributed by atoms with Crippen LogP contribution in [-0.4, -0.2) is 32.1 Å². The molecule has 0 saturated heterocycles. The third kappa shape index (κ3) is 6.47. The van der Waals surface area contributed by atoms with Crippen molar-refractivity contribution in [3.63, 3.8) is 0 Å². The zero-order chi connectivity index (χ0) is 22.8. The summed E-state index contributed by atoms with van der Waals surface area (Å²) in [6.45, 7) is 7.30. The number of hydrogen-bond acceptors (Lipinski definition) is 6. The van der Waals surface area contributed by atoms with Crippen LogP contribution >= 0.6 is 0 Å². The standard InChI is InChI=1S/C24H24N2O5/c1-5-11-26-24(28)19(14-25)12-18-9-10-20(21(13-18)29-4)31-22(27)15-30-23-16(2)7-6-8-17(23)3/h5-10,12-13H,1,11,15H2,2-4H3,(H,26,28). The average molecular weight is 420 g/mol. The number of esters is 1. The lowest BCUT2D eigenvalue weighted by molar-refractivity contribution is -0.136. The fraction of sp³-hybridized carbons (Fsp3) is 0.208. The summed E-state index contributed by atoms with van der Waals surface area (Å²) in [6.07, 6.45) is 2.93. The fourth-order valence-corrected chi connectivity index (χ4v) is 2.74. The first-order valence-electron chi connectivity index (χ1n) is 9.48. The van der Waals surface area contributed by atoms with Crippen molar-refractivity contribution in [2.45, 2.75) is 13.8 Å². The number of hydrogen-bond donors (Lipinski definition) is 1. The Balaban J connectivity index is 2.11. The smallest absolute Gasteiger partial charge is 0.349 e. The lowest BCUT2D eigenvalue weighted by atomic mass is 10.1. The van der Waals surface area contributed by atoms with Gasteiger partial charge in [-0.05, 0) is 48.7 Å². The van der Waals surface area contributed by atoms with Gasteiger partial charge >= 0.3 is 5.97 Å². The maximum absolute atomic E-state index is 12.3. The molecule has 0 spiro atoms. The summed E-state index contributed by atoms with van der Waals surface area (Å²) in [4.78, 5) is 24.2. The monoisotopic (exact) mass is 420 g/mol. The van der Waals surface area contributed by atoms with Gasteiger partial charge in [0.2, 0.25) is 0 Å². The van der Waals surface area contributed by atoms with Crippen LogP contribution in [0.3, 0.4) is 0 Å². The average Bonchev–Trinajstić information content (AvgIpc) is 2.76. The van der Waals surface area contributed by atoms with Crippen LogP contribution in [0.2, 0.25) is 0 Å². The minimum absolute atomic E-state index is 0.0735. The highest BCUT2D eigenvalue weighted by Gasteiger charge is 2.14. The van der Waals surface area contributed by atoms with Crippen LogP contribution in [0.5, 0.6) is 17.2 Å². The van der Waals surface area contributed by atoms with Crippen LogP contribution in [0.25, 0.3) is 6.08 Å². The summed E-state index contributed by atoms with van der Waals surface area (Å²) in [5.41, 5.74) is 2.31. The minimum Gasteiger partial charge on any atom is -0.493 e. The van der Waals surface area contributed by atoms with Crippen LogP contribution < -0.4 is 19.5 Å². The van der Waals surface area contributed by atoms with Crippen LogP contribution in [0.4, 0.5) is 0 Å². The van der Waals surface area contributed by atoms with E-state index in [9.17, 15) is 14.9 Å². The number of carbonyl (C=O) groups is 2. The van der Waals surface area contributed by atoms with E-state index in [0.717, 1.165) is 11.1 Å². The molecule has 0 aliphatic heterocycles. The van der Waals surface area contributed by atoms with Crippen molar-refractivity contribution in [2.24, 2.45) is 0 Å². The number of benzene rings is 2. The third-order valence-electron chi connectivity index (χ3n) is 4.24. The maximum atomic E-state index is 12.3. The first-order chi connectivity index (χ1) is 14.9. The van der Waals surface area contributed by atoms with Gasteiger partial charge in [-0.25, -0.2) is 4.79 Å². The lowest BCUT2D eigenvalue weighted by Gasteiger charge is -2.13. The Kier molecular flexibility index (Phi) is 8.41. The van der Waals surface area contributed by atoms with Crippen LogP contribution in [0, 0.1) is 25.2 Å². The second-order valence-corrected chi connectivity index (χ2v) is 6.56. The highest BCUT2D eigenvalue weighted by atomic mass is 16.6. The van der Waals surface area contributed by atoms with Gasteiger partial charge in [-0.3, -0.25) is 4.79 Å². The number of rotatable bonds is 9. The first-order valence-corrected chi connectivity index (χ1v) is 9.48. The molecule has 0 atom stereocenters. The predicted molar refractivity (Wildman–Crippen MR) is 117 cm³/mol. The summed E-state index contributed by atoms with van der Waals surface area (Å²) in [7, 11) is 1.43. The number of nitrogens with zero attached hydrogens (tertiary/aromatic N) is 1. The van der Waals surface area contributed by atoms with E-state index in [-0.39, 0.29) is 30.2 Å². The van der Waals surface area contributed by atoms with Gasteiger partial charge in [0, 0.05) is 6.54 Å². The molecule has 0 aliphatic carbocycles. The SMILES string of the molecule is C=CCNC(=O)C(C#N)=Cc1ccc(OC(=O)COc2c(C)cccc2C)c(OC)c1. The molecule has 2 rings (SSSR count). The molecule has 0 saturated carbocycles. The molecule has 2 aromatic carbocycles. The number of carbonyl (C=O) groups excluding carboxylic acids is 2. The molecule has 31 heavy (non-hydrogen) atoms. The molecule has 160 valence electrons. The molecule has 0 aliphatic rings. The van der Waals surface area contributed by atoms with E-state index in [4.69, 9.17) is 14.2 Å². The predicted octanol–water partition coefficient (Wildman–Crippen LogP) is 3.51. The van der Waals surface area contributed by atoms with Crippen molar-refractivity contribution in [3.8, 4) is 23.3 Å². The van der Waals surface area contributed by atoms with Gasteiger partial charge in [-0.15, -0.1) is 6.58 Å². The zero-order valence-electron chi connectivity index (χ0n) is 17.7.